The summed E-state index contributed by atoms with van der Waals surface area (Å²) in [4.78, 5) is 35.1. The molecule has 8 heteroatoms. The van der Waals surface area contributed by atoms with Crippen molar-refractivity contribution < 1.29 is 0 Å². The topological polar surface area (TPSA) is 101 Å². The van der Waals surface area contributed by atoms with Crippen molar-refractivity contribution in [3.05, 3.63) is 192 Å². The molecule has 0 saturated carbocycles. The van der Waals surface area contributed by atoms with E-state index in [1.54, 1.807) is 43.4 Å². The van der Waals surface area contributed by atoms with Gasteiger partial charge in [0, 0.05) is 30.4 Å². The quantitative estimate of drug-likeness (QED) is 0.248. The number of hydrogen-bond donors (Lipinski definition) is 1. The Morgan fingerprint density at radius 2 is 1.02 bits per heavy atom. The highest BCUT2D eigenvalue weighted by atomic mass is 15.4. The van der Waals surface area contributed by atoms with Gasteiger partial charge in [-0.2, -0.15) is 0 Å². The summed E-state index contributed by atoms with van der Waals surface area (Å²) in [5.74, 6) is 0. The Bertz CT molecular complexity index is 2010. The van der Waals surface area contributed by atoms with Crippen molar-refractivity contribution in [3.8, 4) is 0 Å². The lowest BCUT2D eigenvalue weighted by Gasteiger charge is -2.42. The molecule has 0 aliphatic carbocycles. The third-order valence-corrected chi connectivity index (χ3v) is 8.55. The molecule has 8 rings (SSSR count). The van der Waals surface area contributed by atoms with Gasteiger partial charge in [0.2, 0.25) is 11.3 Å². The predicted octanol–water partition coefficient (Wildman–Crippen LogP) is 5.88. The SMILES string of the molecule is C1=NC(c2cnccn2)(C2(c3cnccn3)N=C(c3ccccc3)C(c3ccccc3)(c3ccccc3)N2)N=C1c1ccccc1. The van der Waals surface area contributed by atoms with Crippen molar-refractivity contribution in [2.24, 2.45) is 15.0 Å². The highest BCUT2D eigenvalue weighted by Crippen LogP contribution is 2.54. The van der Waals surface area contributed by atoms with Crippen molar-refractivity contribution in [1.29, 1.82) is 0 Å². The fourth-order valence-electron chi connectivity index (χ4n) is 6.50. The number of aliphatic imine (C=N–C) groups is 3. The number of nitrogens with zero attached hydrogens (tertiary/aromatic N) is 7. The first-order valence-corrected chi connectivity index (χ1v) is 15.0. The largest absolute Gasteiger partial charge is 0.265 e. The third-order valence-electron chi connectivity index (χ3n) is 8.55. The number of rotatable bonds is 7. The maximum absolute atomic E-state index is 5.74. The Morgan fingerprint density at radius 3 is 1.57 bits per heavy atom. The fraction of sp³-hybridized carbons (Fsp3) is 0.0789. The van der Waals surface area contributed by atoms with Crippen LogP contribution in [0.5, 0.6) is 0 Å². The normalized spacial score (nSPS) is 21.5. The monoisotopic (exact) mass is 596 g/mol. The first-order chi connectivity index (χ1) is 22.8. The van der Waals surface area contributed by atoms with Gasteiger partial charge in [-0.3, -0.25) is 35.2 Å². The molecule has 0 bridgehead atoms. The summed E-state index contributed by atoms with van der Waals surface area (Å²) in [6.45, 7) is 0. The number of nitrogens with one attached hydrogen (secondary N) is 1. The van der Waals surface area contributed by atoms with Crippen molar-refractivity contribution in [3.63, 3.8) is 0 Å². The van der Waals surface area contributed by atoms with Gasteiger partial charge >= 0.3 is 0 Å². The Labute approximate surface area is 266 Å². The highest BCUT2D eigenvalue weighted by molar-refractivity contribution is 6.39. The molecule has 2 aliphatic heterocycles. The van der Waals surface area contributed by atoms with Crippen LogP contribution in [0, 0.1) is 0 Å². The molecule has 4 heterocycles. The van der Waals surface area contributed by atoms with Gasteiger partial charge in [-0.05, 0) is 16.7 Å². The average Bonchev–Trinajstić information content (AvgIpc) is 3.78. The highest BCUT2D eigenvalue weighted by Gasteiger charge is 2.66. The van der Waals surface area contributed by atoms with Gasteiger partial charge in [0.05, 0.1) is 30.0 Å². The first kappa shape index (κ1) is 27.6. The average molecular weight is 597 g/mol. The number of benzene rings is 4. The van der Waals surface area contributed by atoms with E-state index >= 15 is 0 Å². The summed E-state index contributed by atoms with van der Waals surface area (Å²) < 4.78 is 0. The molecular weight excluding hydrogens is 568 g/mol. The van der Waals surface area contributed by atoms with E-state index in [0.717, 1.165) is 28.0 Å². The van der Waals surface area contributed by atoms with Gasteiger partial charge in [-0.15, -0.1) is 0 Å². The van der Waals surface area contributed by atoms with Gasteiger partial charge < -0.3 is 0 Å². The Hall–Kier alpha value is -5.99. The molecule has 0 amide bonds. The Balaban J connectivity index is 1.51. The lowest BCUT2D eigenvalue weighted by molar-refractivity contribution is 0.170. The molecule has 0 saturated heterocycles. The van der Waals surface area contributed by atoms with Gasteiger partial charge in [-0.25, -0.2) is 4.99 Å². The second kappa shape index (κ2) is 11.2. The van der Waals surface area contributed by atoms with Crippen LogP contribution in [0.1, 0.15) is 33.6 Å². The summed E-state index contributed by atoms with van der Waals surface area (Å²) in [6, 6.07) is 40.9. The van der Waals surface area contributed by atoms with E-state index in [1.165, 1.54) is 0 Å². The fourth-order valence-corrected chi connectivity index (χ4v) is 6.50. The molecule has 4 aromatic carbocycles. The Morgan fingerprint density at radius 1 is 0.500 bits per heavy atom. The molecule has 1 N–H and O–H groups in total. The van der Waals surface area contributed by atoms with Gasteiger partial charge in [0.25, 0.3) is 0 Å². The zero-order chi connectivity index (χ0) is 30.9. The molecule has 46 heavy (non-hydrogen) atoms. The van der Waals surface area contributed by atoms with Crippen LogP contribution in [0.4, 0.5) is 0 Å². The van der Waals surface area contributed by atoms with E-state index < -0.39 is 16.9 Å². The van der Waals surface area contributed by atoms with Crippen LogP contribution in [0.25, 0.3) is 0 Å². The van der Waals surface area contributed by atoms with Gasteiger partial charge in [0.1, 0.15) is 16.9 Å². The van der Waals surface area contributed by atoms with Gasteiger partial charge in [-0.1, -0.05) is 121 Å². The first-order valence-electron chi connectivity index (χ1n) is 15.0. The van der Waals surface area contributed by atoms with E-state index in [4.69, 9.17) is 24.9 Å². The summed E-state index contributed by atoms with van der Waals surface area (Å²) in [7, 11) is 0. The van der Waals surface area contributed by atoms with E-state index in [1.807, 2.05) is 84.9 Å². The summed E-state index contributed by atoms with van der Waals surface area (Å²) in [6.07, 6.45) is 11.9. The van der Waals surface area contributed by atoms with Crippen LogP contribution in [0.2, 0.25) is 0 Å². The molecule has 2 aliphatic rings. The zero-order valence-electron chi connectivity index (χ0n) is 24.7. The van der Waals surface area contributed by atoms with E-state index in [2.05, 4.69) is 51.7 Å². The number of aromatic nitrogens is 4. The van der Waals surface area contributed by atoms with Crippen LogP contribution < -0.4 is 5.32 Å². The summed E-state index contributed by atoms with van der Waals surface area (Å²) in [5, 5.41) is 4.07. The zero-order valence-corrected chi connectivity index (χ0v) is 24.7. The molecule has 0 fully saturated rings. The second-order valence-corrected chi connectivity index (χ2v) is 11.1. The van der Waals surface area contributed by atoms with Crippen LogP contribution >= 0.6 is 0 Å². The minimum absolute atomic E-state index is 0.517. The summed E-state index contributed by atoms with van der Waals surface area (Å²) in [5.41, 5.74) is 2.57. The maximum Gasteiger partial charge on any atom is 0.238 e. The van der Waals surface area contributed by atoms with E-state index in [0.29, 0.717) is 17.1 Å². The molecule has 2 atom stereocenters. The van der Waals surface area contributed by atoms with Crippen molar-refractivity contribution >= 4 is 17.6 Å². The molecule has 8 nitrogen and oxygen atoms in total. The van der Waals surface area contributed by atoms with Crippen molar-refractivity contribution in [2.45, 2.75) is 16.9 Å². The second-order valence-electron chi connectivity index (χ2n) is 11.1. The van der Waals surface area contributed by atoms with Crippen molar-refractivity contribution in [1.82, 2.24) is 25.3 Å². The lowest BCUT2D eigenvalue weighted by atomic mass is 9.76. The molecule has 0 spiro atoms. The molecular formula is C38H28N8. The lowest BCUT2D eigenvalue weighted by Crippen LogP contribution is -2.60. The molecule has 2 aromatic heterocycles. The van der Waals surface area contributed by atoms with E-state index in [9.17, 15) is 0 Å². The van der Waals surface area contributed by atoms with Crippen molar-refractivity contribution in [2.75, 3.05) is 0 Å². The number of hydrogen-bond acceptors (Lipinski definition) is 8. The molecule has 2 unspecified atom stereocenters. The minimum Gasteiger partial charge on any atom is -0.265 e. The van der Waals surface area contributed by atoms with Crippen LogP contribution in [-0.4, -0.2) is 37.6 Å². The third kappa shape index (κ3) is 4.22. The summed E-state index contributed by atoms with van der Waals surface area (Å²) >= 11 is 0. The Kier molecular flexibility index (Phi) is 6.69. The maximum atomic E-state index is 5.74. The van der Waals surface area contributed by atoms with Gasteiger partial charge in [0.15, 0.2) is 0 Å². The molecule has 0 radical (unpaired) electrons. The van der Waals surface area contributed by atoms with E-state index in [-0.39, 0.29) is 0 Å². The molecule has 6 aromatic rings. The van der Waals surface area contributed by atoms with Crippen LogP contribution in [-0.2, 0) is 16.9 Å². The standard InChI is InChI=1S/C38H28N8/c1-5-13-28(14-6-1)32-25-43-37(44-32,33-26-39-21-23-41-33)38(34-27-40-22-24-42-34)45-35(29-15-7-2-8-16-29)36(46-38,30-17-9-3-10-18-30)31-19-11-4-12-20-31/h1-27,46H. The van der Waals surface area contributed by atoms with Crippen LogP contribution in [0.15, 0.2) is 173 Å². The molecule has 220 valence electrons. The predicted molar refractivity (Wildman–Crippen MR) is 179 cm³/mol. The minimum atomic E-state index is -1.45. The smallest absolute Gasteiger partial charge is 0.238 e. The van der Waals surface area contributed by atoms with Crippen LogP contribution in [0.3, 0.4) is 0 Å².